The Morgan fingerprint density at radius 2 is 1.88 bits per heavy atom. The number of nitrogen functional groups attached to an aromatic ring is 2. The van der Waals surface area contributed by atoms with Gasteiger partial charge >= 0.3 is 6.09 Å². The first kappa shape index (κ1) is 19.4. The Bertz CT molecular complexity index is 590. The summed E-state index contributed by atoms with van der Waals surface area (Å²) in [6.45, 7) is 9.24. The molecule has 0 radical (unpaired) electrons. The highest BCUT2D eigenvalue weighted by Crippen LogP contribution is 2.30. The average Bonchev–Trinajstić information content (AvgIpc) is 2.54. The summed E-state index contributed by atoms with van der Waals surface area (Å²) in [4.78, 5) is 16.0. The Balaban J connectivity index is 1.77. The highest BCUT2D eigenvalue weighted by atomic mass is 16.6. The number of benzene rings is 1. The second-order valence-electron chi connectivity index (χ2n) is 7.91. The van der Waals surface area contributed by atoms with Gasteiger partial charge in [0.15, 0.2) is 0 Å². The number of carbonyl (C=O) groups excluding carboxylic acids is 1. The van der Waals surface area contributed by atoms with Crippen LogP contribution in [-0.4, -0.2) is 54.7 Å². The average molecular weight is 348 g/mol. The molecule has 1 aliphatic rings. The van der Waals surface area contributed by atoms with E-state index in [4.69, 9.17) is 16.2 Å². The lowest BCUT2D eigenvalue weighted by Crippen LogP contribution is -2.41. The standard InChI is InChI=1S/C19H32N4O2/c1-19(2,3)25-18(24)22(4)11-12-23-9-7-14(8-10-23)15-5-6-16(20)17(21)13-15/h5-6,13-14H,7-12,20-21H2,1-4H3. The molecule has 0 atom stereocenters. The minimum absolute atomic E-state index is 0.264. The van der Waals surface area contributed by atoms with Crippen molar-refractivity contribution in [3.63, 3.8) is 0 Å². The maximum Gasteiger partial charge on any atom is 0.410 e. The third-order valence-corrected chi connectivity index (χ3v) is 4.63. The Hall–Kier alpha value is -1.95. The molecule has 0 bridgehead atoms. The fourth-order valence-corrected chi connectivity index (χ4v) is 3.06. The van der Waals surface area contributed by atoms with Gasteiger partial charge in [0.1, 0.15) is 5.60 Å². The van der Waals surface area contributed by atoms with Crippen LogP contribution in [0.5, 0.6) is 0 Å². The lowest BCUT2D eigenvalue weighted by atomic mass is 9.89. The van der Waals surface area contributed by atoms with Crippen molar-refractivity contribution in [3.05, 3.63) is 23.8 Å². The number of hydrogen-bond donors (Lipinski definition) is 2. The van der Waals surface area contributed by atoms with Crippen LogP contribution in [-0.2, 0) is 4.74 Å². The highest BCUT2D eigenvalue weighted by Gasteiger charge is 2.23. The minimum Gasteiger partial charge on any atom is -0.444 e. The van der Waals surface area contributed by atoms with E-state index in [0.29, 0.717) is 23.8 Å². The summed E-state index contributed by atoms with van der Waals surface area (Å²) in [5.74, 6) is 0.530. The molecule has 0 unspecified atom stereocenters. The van der Waals surface area contributed by atoms with Crippen LogP contribution < -0.4 is 11.5 Å². The van der Waals surface area contributed by atoms with Gasteiger partial charge in [0.2, 0.25) is 0 Å². The smallest absolute Gasteiger partial charge is 0.410 e. The summed E-state index contributed by atoms with van der Waals surface area (Å²) in [5.41, 5.74) is 13.8. The topological polar surface area (TPSA) is 84.8 Å². The first-order valence-corrected chi connectivity index (χ1v) is 8.97. The molecule has 4 N–H and O–H groups in total. The van der Waals surface area contributed by atoms with Crippen molar-refractivity contribution in [2.45, 2.75) is 45.1 Å². The number of hydrogen-bond acceptors (Lipinski definition) is 5. The Morgan fingerprint density at radius 3 is 2.44 bits per heavy atom. The minimum atomic E-state index is -0.454. The lowest BCUT2D eigenvalue weighted by Gasteiger charge is -2.33. The molecule has 6 heteroatoms. The Kier molecular flexibility index (Phi) is 6.16. The van der Waals surface area contributed by atoms with Crippen LogP contribution in [0.4, 0.5) is 16.2 Å². The number of rotatable bonds is 4. The second-order valence-corrected chi connectivity index (χ2v) is 7.91. The van der Waals surface area contributed by atoms with E-state index in [1.54, 1.807) is 11.9 Å². The molecule has 1 heterocycles. The van der Waals surface area contributed by atoms with Crippen LogP contribution in [0.25, 0.3) is 0 Å². The fourth-order valence-electron chi connectivity index (χ4n) is 3.06. The molecule has 1 aromatic rings. The summed E-state index contributed by atoms with van der Waals surface area (Å²) in [6, 6.07) is 5.99. The largest absolute Gasteiger partial charge is 0.444 e. The maximum atomic E-state index is 12.0. The van der Waals surface area contributed by atoms with Gasteiger partial charge < -0.3 is 26.0 Å². The van der Waals surface area contributed by atoms with Crippen LogP contribution in [0.15, 0.2) is 18.2 Å². The van der Waals surface area contributed by atoms with Crippen molar-refractivity contribution < 1.29 is 9.53 Å². The number of nitrogens with two attached hydrogens (primary N) is 2. The molecule has 1 aromatic carbocycles. The molecule has 1 fully saturated rings. The van der Waals surface area contributed by atoms with Gasteiger partial charge in [-0.1, -0.05) is 6.07 Å². The molecule has 2 rings (SSSR count). The molecular weight excluding hydrogens is 316 g/mol. The summed E-state index contributed by atoms with van der Waals surface area (Å²) >= 11 is 0. The molecule has 0 aromatic heterocycles. The number of carbonyl (C=O) groups is 1. The van der Waals surface area contributed by atoms with Gasteiger partial charge in [0, 0.05) is 20.1 Å². The van der Waals surface area contributed by atoms with Crippen molar-refractivity contribution >= 4 is 17.5 Å². The number of likely N-dealkylation sites (N-methyl/N-ethyl adjacent to an activating group) is 1. The first-order chi connectivity index (χ1) is 11.7. The van der Waals surface area contributed by atoms with Crippen molar-refractivity contribution in [1.82, 2.24) is 9.80 Å². The van der Waals surface area contributed by atoms with Gasteiger partial charge in [0.25, 0.3) is 0 Å². The van der Waals surface area contributed by atoms with E-state index >= 15 is 0 Å². The van der Waals surface area contributed by atoms with E-state index in [1.807, 2.05) is 32.9 Å². The molecule has 6 nitrogen and oxygen atoms in total. The van der Waals surface area contributed by atoms with Crippen LogP contribution >= 0.6 is 0 Å². The highest BCUT2D eigenvalue weighted by molar-refractivity contribution is 5.67. The molecule has 0 saturated carbocycles. The van der Waals surface area contributed by atoms with Crippen molar-refractivity contribution in [2.75, 3.05) is 44.7 Å². The summed E-state index contributed by atoms with van der Waals surface area (Å²) in [5, 5.41) is 0. The van der Waals surface area contributed by atoms with Gasteiger partial charge in [-0.3, -0.25) is 0 Å². The number of likely N-dealkylation sites (tertiary alicyclic amines) is 1. The number of amides is 1. The van der Waals surface area contributed by atoms with Crippen molar-refractivity contribution in [1.29, 1.82) is 0 Å². The monoisotopic (exact) mass is 348 g/mol. The van der Waals surface area contributed by atoms with E-state index in [-0.39, 0.29) is 6.09 Å². The number of ether oxygens (including phenoxy) is 1. The number of nitrogens with zero attached hydrogens (tertiary/aromatic N) is 2. The van der Waals surface area contributed by atoms with Gasteiger partial charge in [-0.05, 0) is 70.3 Å². The zero-order valence-corrected chi connectivity index (χ0v) is 15.9. The maximum absolute atomic E-state index is 12.0. The van der Waals surface area contributed by atoms with Crippen molar-refractivity contribution in [2.24, 2.45) is 0 Å². The van der Waals surface area contributed by atoms with Gasteiger partial charge in [-0.15, -0.1) is 0 Å². The summed E-state index contributed by atoms with van der Waals surface area (Å²) < 4.78 is 5.38. The van der Waals surface area contributed by atoms with E-state index in [1.165, 1.54) is 5.56 Å². The van der Waals surface area contributed by atoms with E-state index in [9.17, 15) is 4.79 Å². The molecule has 1 aliphatic heterocycles. The molecule has 1 amide bonds. The molecular formula is C19H32N4O2. The van der Waals surface area contributed by atoms with Gasteiger partial charge in [0.05, 0.1) is 11.4 Å². The zero-order valence-electron chi connectivity index (χ0n) is 15.9. The van der Waals surface area contributed by atoms with Crippen LogP contribution in [0.2, 0.25) is 0 Å². The van der Waals surface area contributed by atoms with Gasteiger partial charge in [-0.2, -0.15) is 0 Å². The predicted molar refractivity (Wildman–Crippen MR) is 103 cm³/mol. The van der Waals surface area contributed by atoms with Crippen LogP contribution in [0.1, 0.15) is 45.1 Å². The molecule has 25 heavy (non-hydrogen) atoms. The van der Waals surface area contributed by atoms with E-state index in [0.717, 1.165) is 32.5 Å². The third kappa shape index (κ3) is 5.81. The number of anilines is 2. The normalized spacial score (nSPS) is 16.6. The first-order valence-electron chi connectivity index (χ1n) is 8.97. The molecule has 140 valence electrons. The van der Waals surface area contributed by atoms with E-state index in [2.05, 4.69) is 11.0 Å². The summed E-state index contributed by atoms with van der Waals surface area (Å²) in [7, 11) is 1.79. The van der Waals surface area contributed by atoms with Crippen LogP contribution in [0, 0.1) is 0 Å². The van der Waals surface area contributed by atoms with E-state index < -0.39 is 5.60 Å². The molecule has 0 spiro atoms. The number of piperidine rings is 1. The second kappa shape index (κ2) is 7.95. The Labute approximate surface area is 151 Å². The predicted octanol–water partition coefficient (Wildman–Crippen LogP) is 2.90. The molecule has 1 saturated heterocycles. The summed E-state index contributed by atoms with van der Waals surface area (Å²) in [6.07, 6.45) is 1.93. The Morgan fingerprint density at radius 1 is 1.24 bits per heavy atom. The third-order valence-electron chi connectivity index (χ3n) is 4.63. The quantitative estimate of drug-likeness (QED) is 0.817. The SMILES string of the molecule is CN(CCN1CCC(c2ccc(N)c(N)c2)CC1)C(=O)OC(C)(C)C. The lowest BCUT2D eigenvalue weighted by molar-refractivity contribution is 0.0278. The molecule has 0 aliphatic carbocycles. The fraction of sp³-hybridized carbons (Fsp3) is 0.632. The zero-order chi connectivity index (χ0) is 18.6. The van der Waals surface area contributed by atoms with Gasteiger partial charge in [-0.25, -0.2) is 4.79 Å². The van der Waals surface area contributed by atoms with Crippen LogP contribution in [0.3, 0.4) is 0 Å². The van der Waals surface area contributed by atoms with Crippen molar-refractivity contribution in [3.8, 4) is 0 Å².